The second kappa shape index (κ2) is 8.43. The van der Waals surface area contributed by atoms with Crippen LogP contribution >= 0.6 is 11.6 Å². The minimum atomic E-state index is -3.71. The Balaban J connectivity index is 2.68. The molecule has 1 rings (SSSR count). The van der Waals surface area contributed by atoms with E-state index < -0.39 is 20.0 Å². The molecular formula is C14H23ClN2O4S2. The molecule has 0 aliphatic heterocycles. The molecule has 0 aromatic heterocycles. The lowest BCUT2D eigenvalue weighted by Gasteiger charge is -2.21. The summed E-state index contributed by atoms with van der Waals surface area (Å²) in [4.78, 5) is 0.0538. The standard InChI is InChI=1S/C14H23ClN2O4S2/c1-12(2)7-9-17(22(3,18)19)10-8-16-23(20,21)14-6-4-5-13(15)11-14/h4-6,11-12,16H,7-10H2,1-3H3. The number of nitrogens with zero attached hydrogens (tertiary/aromatic N) is 1. The molecule has 6 nitrogen and oxygen atoms in total. The van der Waals surface area contributed by atoms with Gasteiger partial charge in [-0.1, -0.05) is 31.5 Å². The molecule has 0 unspecified atom stereocenters. The molecule has 132 valence electrons. The molecule has 23 heavy (non-hydrogen) atoms. The Labute approximate surface area is 143 Å². The van der Waals surface area contributed by atoms with Gasteiger partial charge < -0.3 is 0 Å². The second-order valence-corrected chi connectivity index (χ2v) is 9.89. The molecule has 0 heterocycles. The fourth-order valence-corrected chi connectivity index (χ4v) is 4.05. The number of sulfonamides is 2. The predicted octanol–water partition coefficient (Wildman–Crippen LogP) is 1.93. The summed E-state index contributed by atoms with van der Waals surface area (Å²) in [6.07, 6.45) is 1.84. The van der Waals surface area contributed by atoms with Gasteiger partial charge in [-0.3, -0.25) is 0 Å². The van der Waals surface area contributed by atoms with E-state index in [0.29, 0.717) is 23.9 Å². The Morgan fingerprint density at radius 1 is 1.17 bits per heavy atom. The number of hydrogen-bond acceptors (Lipinski definition) is 4. The van der Waals surface area contributed by atoms with Gasteiger partial charge in [-0.15, -0.1) is 0 Å². The molecule has 1 aromatic carbocycles. The first-order valence-electron chi connectivity index (χ1n) is 7.23. The molecule has 0 amide bonds. The Bertz CT molecular complexity index is 718. The topological polar surface area (TPSA) is 83.6 Å². The summed E-state index contributed by atoms with van der Waals surface area (Å²) < 4.78 is 51.5. The lowest BCUT2D eigenvalue weighted by atomic mass is 10.1. The molecule has 0 aliphatic carbocycles. The maximum absolute atomic E-state index is 12.1. The quantitative estimate of drug-likeness (QED) is 0.707. The average Bonchev–Trinajstić information content (AvgIpc) is 2.40. The van der Waals surface area contributed by atoms with Crippen molar-refractivity contribution in [2.24, 2.45) is 5.92 Å². The number of halogens is 1. The SMILES string of the molecule is CC(C)CCN(CCNS(=O)(=O)c1cccc(Cl)c1)S(C)(=O)=O. The third-order valence-corrected chi connectivity index (χ3v) is 6.18. The van der Waals surface area contributed by atoms with E-state index in [0.717, 1.165) is 6.26 Å². The van der Waals surface area contributed by atoms with E-state index in [9.17, 15) is 16.8 Å². The summed E-state index contributed by atoms with van der Waals surface area (Å²) in [7, 11) is -7.08. The van der Waals surface area contributed by atoms with E-state index in [1.54, 1.807) is 12.1 Å². The lowest BCUT2D eigenvalue weighted by molar-refractivity contribution is 0.385. The van der Waals surface area contributed by atoms with Gasteiger partial charge in [0, 0.05) is 24.7 Å². The summed E-state index contributed by atoms with van der Waals surface area (Å²) in [5.41, 5.74) is 0. The van der Waals surface area contributed by atoms with Crippen LogP contribution in [0.3, 0.4) is 0 Å². The van der Waals surface area contributed by atoms with Crippen LogP contribution in [-0.4, -0.2) is 47.0 Å². The van der Waals surface area contributed by atoms with Crippen molar-refractivity contribution in [3.8, 4) is 0 Å². The first kappa shape index (κ1) is 20.4. The Morgan fingerprint density at radius 3 is 2.35 bits per heavy atom. The van der Waals surface area contributed by atoms with Gasteiger partial charge in [0.1, 0.15) is 0 Å². The van der Waals surface area contributed by atoms with Gasteiger partial charge in [-0.2, -0.15) is 0 Å². The van der Waals surface area contributed by atoms with E-state index in [4.69, 9.17) is 11.6 Å². The highest BCUT2D eigenvalue weighted by Crippen LogP contribution is 2.15. The van der Waals surface area contributed by atoms with Gasteiger partial charge in [0.25, 0.3) is 0 Å². The number of rotatable bonds is 9. The molecule has 0 aliphatic rings. The van der Waals surface area contributed by atoms with Crippen molar-refractivity contribution in [2.45, 2.75) is 25.2 Å². The molecule has 0 saturated carbocycles. The minimum Gasteiger partial charge on any atom is -0.213 e. The van der Waals surface area contributed by atoms with Crippen LogP contribution in [0.4, 0.5) is 0 Å². The molecule has 0 saturated heterocycles. The largest absolute Gasteiger partial charge is 0.240 e. The number of benzene rings is 1. The van der Waals surface area contributed by atoms with Crippen LogP contribution in [0.25, 0.3) is 0 Å². The van der Waals surface area contributed by atoms with Crippen LogP contribution < -0.4 is 4.72 Å². The van der Waals surface area contributed by atoms with Gasteiger partial charge in [-0.25, -0.2) is 25.9 Å². The summed E-state index contributed by atoms with van der Waals surface area (Å²) in [6.45, 7) is 4.46. The zero-order valence-electron chi connectivity index (χ0n) is 13.5. The van der Waals surface area contributed by atoms with Crippen molar-refractivity contribution in [1.82, 2.24) is 9.03 Å². The number of nitrogens with one attached hydrogen (secondary N) is 1. The maximum atomic E-state index is 12.1. The molecule has 0 bridgehead atoms. The smallest absolute Gasteiger partial charge is 0.213 e. The first-order valence-corrected chi connectivity index (χ1v) is 10.9. The van der Waals surface area contributed by atoms with Gasteiger partial charge in [0.15, 0.2) is 0 Å². The van der Waals surface area contributed by atoms with Crippen molar-refractivity contribution in [3.63, 3.8) is 0 Å². The van der Waals surface area contributed by atoms with Crippen LogP contribution in [0.15, 0.2) is 29.2 Å². The van der Waals surface area contributed by atoms with E-state index in [-0.39, 0.29) is 18.0 Å². The Kier molecular flexibility index (Phi) is 7.47. The summed E-state index contributed by atoms with van der Waals surface area (Å²) in [5.74, 6) is 0.363. The normalized spacial score (nSPS) is 13.0. The number of hydrogen-bond donors (Lipinski definition) is 1. The van der Waals surface area contributed by atoms with Crippen LogP contribution in [0.1, 0.15) is 20.3 Å². The molecule has 1 aromatic rings. The minimum absolute atomic E-state index is 0.0000118. The molecular weight excluding hydrogens is 360 g/mol. The van der Waals surface area contributed by atoms with Crippen molar-refractivity contribution in [3.05, 3.63) is 29.3 Å². The van der Waals surface area contributed by atoms with Crippen LogP contribution in [0.5, 0.6) is 0 Å². The predicted molar refractivity (Wildman–Crippen MR) is 92.5 cm³/mol. The monoisotopic (exact) mass is 382 g/mol. The third kappa shape index (κ3) is 7.17. The highest BCUT2D eigenvalue weighted by molar-refractivity contribution is 7.89. The Morgan fingerprint density at radius 2 is 1.83 bits per heavy atom. The van der Waals surface area contributed by atoms with Gasteiger partial charge in [0.2, 0.25) is 20.0 Å². The first-order chi connectivity index (χ1) is 10.5. The van der Waals surface area contributed by atoms with Crippen LogP contribution in [0.2, 0.25) is 5.02 Å². The van der Waals surface area contributed by atoms with Gasteiger partial charge in [-0.05, 0) is 30.5 Å². The zero-order valence-corrected chi connectivity index (χ0v) is 15.9. The molecule has 1 N–H and O–H groups in total. The summed E-state index contributed by atoms with van der Waals surface area (Å²) >= 11 is 5.79. The zero-order chi connectivity index (χ0) is 17.7. The lowest BCUT2D eigenvalue weighted by Crippen LogP contribution is -2.38. The van der Waals surface area contributed by atoms with Crippen molar-refractivity contribution < 1.29 is 16.8 Å². The fraction of sp³-hybridized carbons (Fsp3) is 0.571. The molecule has 0 atom stereocenters. The van der Waals surface area contributed by atoms with E-state index in [1.165, 1.54) is 16.4 Å². The van der Waals surface area contributed by atoms with E-state index in [2.05, 4.69) is 4.72 Å². The van der Waals surface area contributed by atoms with Crippen LogP contribution in [0, 0.1) is 5.92 Å². The maximum Gasteiger partial charge on any atom is 0.240 e. The molecule has 0 spiro atoms. The van der Waals surface area contributed by atoms with Gasteiger partial charge >= 0.3 is 0 Å². The van der Waals surface area contributed by atoms with Crippen molar-refractivity contribution in [2.75, 3.05) is 25.9 Å². The fourth-order valence-electron chi connectivity index (χ4n) is 1.87. The molecule has 0 fully saturated rings. The van der Waals surface area contributed by atoms with Crippen LogP contribution in [-0.2, 0) is 20.0 Å². The van der Waals surface area contributed by atoms with E-state index in [1.807, 2.05) is 13.8 Å². The summed E-state index contributed by atoms with van der Waals surface area (Å²) in [6, 6.07) is 5.90. The van der Waals surface area contributed by atoms with Crippen molar-refractivity contribution >= 4 is 31.6 Å². The Hall–Kier alpha value is -0.670. The highest BCUT2D eigenvalue weighted by Gasteiger charge is 2.19. The third-order valence-electron chi connectivity index (χ3n) is 3.18. The summed E-state index contributed by atoms with van der Waals surface area (Å²) in [5, 5.41) is 0.322. The second-order valence-electron chi connectivity index (χ2n) is 5.70. The average molecular weight is 383 g/mol. The highest BCUT2D eigenvalue weighted by atomic mass is 35.5. The molecule has 0 radical (unpaired) electrons. The van der Waals surface area contributed by atoms with Crippen molar-refractivity contribution in [1.29, 1.82) is 0 Å². The van der Waals surface area contributed by atoms with Gasteiger partial charge in [0.05, 0.1) is 11.2 Å². The molecule has 9 heteroatoms. The van der Waals surface area contributed by atoms with E-state index >= 15 is 0 Å².